The molecule has 4 aliphatic rings. The van der Waals surface area contributed by atoms with Gasteiger partial charge in [0, 0.05) is 32.9 Å². The van der Waals surface area contributed by atoms with E-state index in [0.717, 1.165) is 43.0 Å². The van der Waals surface area contributed by atoms with E-state index >= 15 is 0 Å². The number of carbonyl (C=O) groups excluding carboxylic acids is 3. The average molecular weight is 1030 g/mol. The molecular formula is C43H71N5O21S. The lowest BCUT2D eigenvalue weighted by atomic mass is 9.74. The molecule has 2 aliphatic heterocycles. The predicted octanol–water partition coefficient (Wildman–Crippen LogP) is -2.06. The maximum Gasteiger partial charge on any atom is 0.397 e. The minimum absolute atomic E-state index is 0.0238. The van der Waals surface area contributed by atoms with E-state index in [9.17, 15) is 63.3 Å². The van der Waals surface area contributed by atoms with Crippen LogP contribution in [0.15, 0.2) is 6.20 Å². The third kappa shape index (κ3) is 14.9. The molecular weight excluding hydrogens is 955 g/mol. The summed E-state index contributed by atoms with van der Waals surface area (Å²) in [6, 6.07) is -1.37. The lowest BCUT2D eigenvalue weighted by molar-refractivity contribution is -0.338. The summed E-state index contributed by atoms with van der Waals surface area (Å²) in [7, 11) is -3.67. The average Bonchev–Trinajstić information content (AvgIpc) is 3.83. The zero-order valence-electron chi connectivity index (χ0n) is 39.8. The minimum Gasteiger partial charge on any atom is -0.479 e. The van der Waals surface area contributed by atoms with E-state index in [1.165, 1.54) is 21.0 Å². The zero-order valence-corrected chi connectivity index (χ0v) is 40.6. The number of rotatable bonds is 25. The molecule has 2 saturated heterocycles. The summed E-state index contributed by atoms with van der Waals surface area (Å²) < 4.78 is 73.2. The van der Waals surface area contributed by atoms with Crippen molar-refractivity contribution in [3.05, 3.63) is 11.9 Å². The van der Waals surface area contributed by atoms with Gasteiger partial charge >= 0.3 is 16.4 Å². The second-order valence-electron chi connectivity index (χ2n) is 18.8. The number of amides is 2. The van der Waals surface area contributed by atoms with Crippen molar-refractivity contribution < 1.29 is 100 Å². The van der Waals surface area contributed by atoms with Gasteiger partial charge in [-0.1, -0.05) is 50.7 Å². The predicted molar refractivity (Wildman–Crippen MR) is 236 cm³/mol. The standard InChI is InChI=1S/C43H71N5O21S/c1-5-25-15-26(28(52)12-9-13-44-39(57)27-17-48(47-46-27)43(19-50,20-63-4)21-64-70(60,61)62)16-29(37(25)69-42-36(56)35(55)33(53)22(2)65-42)67-41-32(45-23(3)51)38(34(54)31(18-49)68-41)66-30(40(58)59)14-24-10-7-6-8-11-24/h17,22,24-26,29-38,41-42,49-50,53-56H,5-16,18-21H2,1-4H3,(H,44,57)(H,45,51)(H,58,59)(H,60,61,62)/t22?,25?,26?,29-,30+,31+,32?,33-,34+,35+,36?,37-,38?,41-,42+,43?/m1/s1. The largest absolute Gasteiger partial charge is 0.479 e. The van der Waals surface area contributed by atoms with E-state index in [-0.39, 0.29) is 62.7 Å². The molecule has 2 saturated carbocycles. The highest BCUT2D eigenvalue weighted by atomic mass is 32.3. The van der Waals surface area contributed by atoms with Crippen LogP contribution < -0.4 is 10.6 Å². The van der Waals surface area contributed by atoms with Crippen LogP contribution in [0.4, 0.5) is 0 Å². The number of aromatic nitrogens is 3. The van der Waals surface area contributed by atoms with Gasteiger partial charge in [0.25, 0.3) is 5.91 Å². The van der Waals surface area contributed by atoms with Crippen LogP contribution >= 0.6 is 0 Å². The molecule has 70 heavy (non-hydrogen) atoms. The molecule has 0 radical (unpaired) electrons. The van der Waals surface area contributed by atoms with Crippen molar-refractivity contribution in [2.24, 2.45) is 17.8 Å². The van der Waals surface area contributed by atoms with Crippen molar-refractivity contribution >= 4 is 34.0 Å². The molecule has 0 spiro atoms. The van der Waals surface area contributed by atoms with E-state index in [4.69, 9.17) is 33.0 Å². The van der Waals surface area contributed by atoms with Crippen molar-refractivity contribution in [2.45, 2.75) is 177 Å². The van der Waals surface area contributed by atoms with Gasteiger partial charge in [-0.15, -0.1) is 5.10 Å². The second-order valence-corrected chi connectivity index (χ2v) is 19.9. The number of carboxylic acid groups (broad SMARTS) is 1. The van der Waals surface area contributed by atoms with Gasteiger partial charge in [-0.05, 0) is 44.4 Å². The van der Waals surface area contributed by atoms with E-state index in [1.54, 1.807) is 0 Å². The van der Waals surface area contributed by atoms with Crippen LogP contribution in [0.1, 0.15) is 102 Å². The normalized spacial score (nSPS) is 33.5. The Balaban J connectivity index is 1.35. The zero-order chi connectivity index (χ0) is 51.5. The van der Waals surface area contributed by atoms with Crippen LogP contribution in [-0.4, -0.2) is 207 Å². The topological polar surface area (TPSA) is 384 Å². The van der Waals surface area contributed by atoms with Crippen molar-refractivity contribution in [3.8, 4) is 0 Å². The summed E-state index contributed by atoms with van der Waals surface area (Å²) in [4.78, 5) is 52.6. The molecule has 26 nitrogen and oxygen atoms in total. The van der Waals surface area contributed by atoms with Crippen LogP contribution in [0.5, 0.6) is 0 Å². The molecule has 16 atom stereocenters. The quantitative estimate of drug-likeness (QED) is 0.0372. The Kier molecular flexibility index (Phi) is 21.4. The molecule has 3 heterocycles. The Morgan fingerprint density at radius 2 is 1.67 bits per heavy atom. The van der Waals surface area contributed by atoms with Crippen molar-refractivity contribution in [3.63, 3.8) is 0 Å². The number of carbonyl (C=O) groups is 4. The number of aliphatic hydroxyl groups excluding tert-OH is 6. The number of ketones is 1. The molecule has 0 bridgehead atoms. The van der Waals surface area contributed by atoms with Crippen LogP contribution in [-0.2, 0) is 62.9 Å². The number of Topliss-reactive ketones (excluding diaryl/α,β-unsaturated/α-hetero) is 1. The highest BCUT2D eigenvalue weighted by Gasteiger charge is 2.53. The van der Waals surface area contributed by atoms with Crippen molar-refractivity contribution in [1.29, 1.82) is 0 Å². The molecule has 5 rings (SSSR count). The Hall–Kier alpha value is -3.39. The Morgan fingerprint density at radius 1 is 0.957 bits per heavy atom. The maximum atomic E-state index is 14.1. The smallest absolute Gasteiger partial charge is 0.397 e. The third-order valence-corrected chi connectivity index (χ3v) is 14.1. The fraction of sp³-hybridized carbons (Fsp3) is 0.860. The van der Waals surface area contributed by atoms with Gasteiger partial charge in [0.1, 0.15) is 54.0 Å². The van der Waals surface area contributed by atoms with Crippen LogP contribution in [0.25, 0.3) is 0 Å². The first-order valence-corrected chi connectivity index (χ1v) is 25.1. The van der Waals surface area contributed by atoms with Gasteiger partial charge in [-0.25, -0.2) is 13.7 Å². The number of hydrogen-bond acceptors (Lipinski definition) is 21. The fourth-order valence-electron chi connectivity index (χ4n) is 9.77. The highest BCUT2D eigenvalue weighted by Crippen LogP contribution is 2.40. The van der Waals surface area contributed by atoms with Crippen molar-refractivity contribution in [2.75, 3.05) is 40.1 Å². The van der Waals surface area contributed by atoms with Gasteiger partial charge in [-0.2, -0.15) is 8.42 Å². The summed E-state index contributed by atoms with van der Waals surface area (Å²) in [6.45, 7) is 1.74. The van der Waals surface area contributed by atoms with Gasteiger partial charge in [-0.3, -0.25) is 18.9 Å². The minimum atomic E-state index is -4.92. The molecule has 2 aliphatic carbocycles. The monoisotopic (exact) mass is 1030 g/mol. The first-order valence-electron chi connectivity index (χ1n) is 23.7. The van der Waals surface area contributed by atoms with Gasteiger partial charge < -0.3 is 74.8 Å². The third-order valence-electron chi connectivity index (χ3n) is 13.7. The summed E-state index contributed by atoms with van der Waals surface area (Å²) >= 11 is 0. The molecule has 7 unspecified atom stereocenters. The molecule has 4 fully saturated rings. The Bertz CT molecular complexity index is 1980. The number of ether oxygens (including phenoxy) is 6. The highest BCUT2D eigenvalue weighted by molar-refractivity contribution is 7.80. The summed E-state index contributed by atoms with van der Waals surface area (Å²) in [5.74, 6) is -4.05. The number of methoxy groups -OCH3 is 1. The fourth-order valence-corrected chi connectivity index (χ4v) is 10.1. The second kappa shape index (κ2) is 26.0. The molecule has 400 valence electrons. The molecule has 27 heteroatoms. The first kappa shape index (κ1) is 57.5. The summed E-state index contributed by atoms with van der Waals surface area (Å²) in [5, 5.41) is 87.3. The number of nitrogens with one attached hydrogen (secondary N) is 2. The molecule has 10 N–H and O–H groups in total. The lowest BCUT2D eigenvalue weighted by Gasteiger charge is -2.49. The van der Waals surface area contributed by atoms with Gasteiger partial charge in [0.05, 0.1) is 50.9 Å². The maximum absolute atomic E-state index is 14.1. The molecule has 1 aromatic rings. The SMILES string of the molecule is CCC1CC(C(=O)CCCNC(=O)c2cn(C(CO)(COC)COS(=O)(=O)O)nn2)C[C@@H](O[C@@H]2O[C@@H](CO)[C@H](O)C(O[C@@H](CC3CCCCC3)C(=O)O)C2NC(C)=O)[C@@H]1O[C@@H]1OC(C)[C@@H](O)[C@H](O)C1O. The Morgan fingerprint density at radius 3 is 2.29 bits per heavy atom. The van der Waals surface area contributed by atoms with Gasteiger partial charge in [0.2, 0.25) is 5.91 Å². The molecule has 2 amide bonds. The molecule has 0 aromatic carbocycles. The Labute approximate surface area is 405 Å². The van der Waals surface area contributed by atoms with Gasteiger partial charge in [0.15, 0.2) is 24.4 Å². The number of nitrogens with zero attached hydrogens (tertiary/aromatic N) is 3. The number of aliphatic hydroxyl groups is 6. The number of carboxylic acids is 1. The first-order chi connectivity index (χ1) is 33.1. The van der Waals surface area contributed by atoms with E-state index < -0.39 is 145 Å². The summed E-state index contributed by atoms with van der Waals surface area (Å²) in [5.41, 5.74) is -1.94. The van der Waals surface area contributed by atoms with E-state index in [0.29, 0.717) is 6.42 Å². The van der Waals surface area contributed by atoms with Crippen LogP contribution in [0.3, 0.4) is 0 Å². The number of hydrogen-bond donors (Lipinski definition) is 10. The van der Waals surface area contributed by atoms with Crippen LogP contribution in [0, 0.1) is 17.8 Å². The number of aliphatic carboxylic acids is 1. The van der Waals surface area contributed by atoms with Crippen molar-refractivity contribution in [1.82, 2.24) is 25.6 Å². The lowest BCUT2D eigenvalue weighted by Crippen LogP contribution is -2.67. The molecule has 1 aromatic heterocycles. The van der Waals surface area contributed by atoms with Crippen LogP contribution in [0.2, 0.25) is 0 Å². The summed E-state index contributed by atoms with van der Waals surface area (Å²) in [6.07, 6.45) is -10.5. The van der Waals surface area contributed by atoms with E-state index in [2.05, 4.69) is 25.1 Å². The van der Waals surface area contributed by atoms with E-state index in [1.807, 2.05) is 6.92 Å².